The minimum absolute atomic E-state index is 0.0633. The molecule has 2 aromatic carbocycles. The molecule has 3 rings (SSSR count). The van der Waals surface area contributed by atoms with Crippen LogP contribution in [0.3, 0.4) is 0 Å². The molecule has 0 aromatic heterocycles. The number of likely N-dealkylation sites (tertiary alicyclic amines) is 1. The first-order valence-electron chi connectivity index (χ1n) is 8.74. The largest absolute Gasteiger partial charge is 0.507 e. The number of carbonyl (C=O) groups is 2. The van der Waals surface area contributed by atoms with Crippen molar-refractivity contribution in [3.8, 4) is 0 Å². The molecule has 146 valence electrons. The SMILES string of the molecule is CN(C)CCN1C(=O)C(=O)C(=C(O)c2ccc(Cl)cc2)C1c1ccc(Cl)cc1. The van der Waals surface area contributed by atoms with E-state index in [2.05, 4.69) is 0 Å². The van der Waals surface area contributed by atoms with Crippen molar-refractivity contribution in [2.45, 2.75) is 6.04 Å². The Bertz CT molecular complexity index is 922. The molecular formula is C21H20Cl2N2O3. The number of aliphatic hydroxyl groups is 1. The van der Waals surface area contributed by atoms with Crippen LogP contribution in [-0.4, -0.2) is 53.8 Å². The summed E-state index contributed by atoms with van der Waals surface area (Å²) in [6.07, 6.45) is 0. The van der Waals surface area contributed by atoms with Gasteiger partial charge in [-0.2, -0.15) is 0 Å². The number of nitrogens with zero attached hydrogens (tertiary/aromatic N) is 2. The van der Waals surface area contributed by atoms with Gasteiger partial charge in [0, 0.05) is 28.7 Å². The second-order valence-corrected chi connectivity index (χ2v) is 7.73. The van der Waals surface area contributed by atoms with Gasteiger partial charge in [-0.05, 0) is 56.1 Å². The summed E-state index contributed by atoms with van der Waals surface area (Å²) in [4.78, 5) is 29.0. The Hall–Kier alpha value is -2.34. The Morgan fingerprint density at radius 2 is 1.54 bits per heavy atom. The highest BCUT2D eigenvalue weighted by molar-refractivity contribution is 6.46. The molecule has 0 radical (unpaired) electrons. The van der Waals surface area contributed by atoms with Gasteiger partial charge >= 0.3 is 0 Å². The molecule has 0 saturated carbocycles. The second-order valence-electron chi connectivity index (χ2n) is 6.85. The van der Waals surface area contributed by atoms with Crippen molar-refractivity contribution in [2.24, 2.45) is 0 Å². The van der Waals surface area contributed by atoms with Gasteiger partial charge in [-0.1, -0.05) is 35.3 Å². The molecule has 28 heavy (non-hydrogen) atoms. The number of halogens is 2. The number of benzene rings is 2. The monoisotopic (exact) mass is 418 g/mol. The summed E-state index contributed by atoms with van der Waals surface area (Å²) < 4.78 is 0. The number of hydrogen-bond donors (Lipinski definition) is 1. The van der Waals surface area contributed by atoms with Crippen molar-refractivity contribution in [1.82, 2.24) is 9.80 Å². The lowest BCUT2D eigenvalue weighted by Crippen LogP contribution is -2.35. The van der Waals surface area contributed by atoms with Crippen molar-refractivity contribution < 1.29 is 14.7 Å². The van der Waals surface area contributed by atoms with E-state index in [0.29, 0.717) is 34.3 Å². The molecule has 1 aliphatic rings. The number of rotatable bonds is 5. The normalized spacial score (nSPS) is 18.9. The van der Waals surface area contributed by atoms with Crippen LogP contribution in [0.25, 0.3) is 5.76 Å². The van der Waals surface area contributed by atoms with Crippen LogP contribution in [0.1, 0.15) is 17.2 Å². The zero-order valence-electron chi connectivity index (χ0n) is 15.5. The summed E-state index contributed by atoms with van der Waals surface area (Å²) in [5.74, 6) is -1.55. The number of amides is 1. The van der Waals surface area contributed by atoms with E-state index in [1.807, 2.05) is 19.0 Å². The van der Waals surface area contributed by atoms with Gasteiger partial charge in [0.2, 0.25) is 0 Å². The average molecular weight is 419 g/mol. The Kier molecular flexibility index (Phi) is 6.08. The predicted octanol–water partition coefficient (Wildman–Crippen LogP) is 3.98. The van der Waals surface area contributed by atoms with E-state index >= 15 is 0 Å². The van der Waals surface area contributed by atoms with E-state index in [1.54, 1.807) is 48.5 Å². The number of likely N-dealkylation sites (N-methyl/N-ethyl adjacent to an activating group) is 1. The molecule has 1 unspecified atom stereocenters. The van der Waals surface area contributed by atoms with Crippen molar-refractivity contribution in [2.75, 3.05) is 27.2 Å². The quantitative estimate of drug-likeness (QED) is 0.453. The summed E-state index contributed by atoms with van der Waals surface area (Å²) in [6.45, 7) is 0.931. The van der Waals surface area contributed by atoms with Crippen molar-refractivity contribution >= 4 is 40.7 Å². The van der Waals surface area contributed by atoms with Crippen LogP contribution in [-0.2, 0) is 9.59 Å². The van der Waals surface area contributed by atoms with Gasteiger partial charge in [0.15, 0.2) is 0 Å². The highest BCUT2D eigenvalue weighted by Crippen LogP contribution is 2.39. The van der Waals surface area contributed by atoms with Gasteiger partial charge in [-0.15, -0.1) is 0 Å². The summed E-state index contributed by atoms with van der Waals surface area (Å²) in [6, 6.07) is 12.7. The molecule has 1 N–H and O–H groups in total. The van der Waals surface area contributed by atoms with Gasteiger partial charge in [-0.25, -0.2) is 0 Å². The lowest BCUT2D eigenvalue weighted by Gasteiger charge is -2.26. The summed E-state index contributed by atoms with van der Waals surface area (Å²) in [5, 5.41) is 11.9. The minimum Gasteiger partial charge on any atom is -0.507 e. The smallest absolute Gasteiger partial charge is 0.295 e. The molecule has 0 bridgehead atoms. The Labute approximate surface area is 173 Å². The van der Waals surface area contributed by atoms with Crippen LogP contribution >= 0.6 is 23.2 Å². The molecule has 2 aromatic rings. The van der Waals surface area contributed by atoms with Crippen molar-refractivity contribution in [1.29, 1.82) is 0 Å². The maximum absolute atomic E-state index is 12.8. The molecule has 1 heterocycles. The third-order valence-electron chi connectivity index (χ3n) is 4.63. The highest BCUT2D eigenvalue weighted by atomic mass is 35.5. The number of carbonyl (C=O) groups excluding carboxylic acids is 2. The van der Waals surface area contributed by atoms with Crippen LogP contribution in [0.4, 0.5) is 0 Å². The Morgan fingerprint density at radius 3 is 2.07 bits per heavy atom. The fourth-order valence-electron chi connectivity index (χ4n) is 3.17. The first-order valence-corrected chi connectivity index (χ1v) is 9.49. The summed E-state index contributed by atoms with van der Waals surface area (Å²) in [7, 11) is 3.78. The molecule has 1 saturated heterocycles. The lowest BCUT2D eigenvalue weighted by atomic mass is 9.95. The Balaban J connectivity index is 2.13. The van der Waals surface area contributed by atoms with Crippen LogP contribution in [0.2, 0.25) is 10.0 Å². The van der Waals surface area contributed by atoms with Gasteiger partial charge in [-0.3, -0.25) is 9.59 Å². The van der Waals surface area contributed by atoms with Crippen molar-refractivity contribution in [3.05, 3.63) is 75.3 Å². The number of hydrogen-bond acceptors (Lipinski definition) is 4. The fourth-order valence-corrected chi connectivity index (χ4v) is 3.43. The highest BCUT2D eigenvalue weighted by Gasteiger charge is 2.45. The first-order chi connectivity index (χ1) is 13.3. The summed E-state index contributed by atoms with van der Waals surface area (Å²) in [5.41, 5.74) is 1.19. The first kappa shape index (κ1) is 20.4. The van der Waals surface area contributed by atoms with Crippen LogP contribution < -0.4 is 0 Å². The number of ketones is 1. The van der Waals surface area contributed by atoms with Gasteiger partial charge in [0.05, 0.1) is 11.6 Å². The summed E-state index contributed by atoms with van der Waals surface area (Å²) >= 11 is 11.9. The van der Waals surface area contributed by atoms with Crippen LogP contribution in [0.5, 0.6) is 0 Å². The van der Waals surface area contributed by atoms with Gasteiger partial charge < -0.3 is 14.9 Å². The van der Waals surface area contributed by atoms with E-state index < -0.39 is 17.7 Å². The molecule has 5 nitrogen and oxygen atoms in total. The van der Waals surface area contributed by atoms with E-state index in [1.165, 1.54) is 4.90 Å². The minimum atomic E-state index is -0.703. The van der Waals surface area contributed by atoms with Crippen LogP contribution in [0, 0.1) is 0 Å². The lowest BCUT2D eigenvalue weighted by molar-refractivity contribution is -0.140. The predicted molar refractivity (Wildman–Crippen MR) is 110 cm³/mol. The standard InChI is InChI=1S/C21H20Cl2N2O3/c1-24(2)11-12-25-18(13-3-7-15(22)8-4-13)17(20(27)21(25)28)19(26)14-5-9-16(23)10-6-14/h3-10,18,26H,11-12H2,1-2H3. The molecule has 1 aliphatic heterocycles. The molecule has 7 heteroatoms. The van der Waals surface area contributed by atoms with Crippen LogP contribution in [0.15, 0.2) is 54.1 Å². The van der Waals surface area contributed by atoms with E-state index in [-0.39, 0.29) is 11.3 Å². The second kappa shape index (κ2) is 8.35. The topological polar surface area (TPSA) is 60.9 Å². The third-order valence-corrected chi connectivity index (χ3v) is 5.14. The number of Topliss-reactive ketones (excluding diaryl/α,β-unsaturated/α-hetero) is 1. The molecule has 0 spiro atoms. The molecule has 1 amide bonds. The molecular weight excluding hydrogens is 399 g/mol. The van der Waals surface area contributed by atoms with Gasteiger partial charge in [0.1, 0.15) is 5.76 Å². The molecule has 1 fully saturated rings. The van der Waals surface area contributed by atoms with Crippen molar-refractivity contribution in [3.63, 3.8) is 0 Å². The fraction of sp³-hybridized carbons (Fsp3) is 0.238. The maximum Gasteiger partial charge on any atom is 0.295 e. The Morgan fingerprint density at radius 1 is 1.00 bits per heavy atom. The van der Waals surface area contributed by atoms with E-state index in [9.17, 15) is 14.7 Å². The van der Waals surface area contributed by atoms with E-state index in [0.717, 1.165) is 0 Å². The average Bonchev–Trinajstić information content (AvgIpc) is 2.91. The number of aliphatic hydroxyl groups excluding tert-OH is 1. The maximum atomic E-state index is 12.8. The zero-order chi connectivity index (χ0) is 20.4. The third kappa shape index (κ3) is 4.07. The van der Waals surface area contributed by atoms with Gasteiger partial charge in [0.25, 0.3) is 11.7 Å². The van der Waals surface area contributed by atoms with E-state index in [4.69, 9.17) is 23.2 Å². The molecule has 0 aliphatic carbocycles. The zero-order valence-corrected chi connectivity index (χ0v) is 17.0. The molecule has 1 atom stereocenters.